The van der Waals surface area contributed by atoms with Crippen molar-refractivity contribution < 1.29 is 15.0 Å². The molecule has 0 aliphatic carbocycles. The topological polar surface area (TPSA) is 69.6 Å². The zero-order valence-corrected chi connectivity index (χ0v) is 28.0. The summed E-state index contributed by atoms with van der Waals surface area (Å²) in [4.78, 5) is 12.3. The van der Waals surface area contributed by atoms with Crippen LogP contribution in [0.2, 0.25) is 0 Å². The molecule has 0 aliphatic rings. The number of nitrogens with one attached hydrogen (secondary N) is 1. The van der Waals surface area contributed by atoms with E-state index in [1.165, 1.54) is 122 Å². The lowest BCUT2D eigenvalue weighted by molar-refractivity contribution is -0.123. The van der Waals surface area contributed by atoms with Crippen LogP contribution in [0, 0.1) is 0 Å². The van der Waals surface area contributed by atoms with E-state index >= 15 is 0 Å². The molecule has 2 atom stereocenters. The predicted octanol–water partition coefficient (Wildman–Crippen LogP) is 10.7. The summed E-state index contributed by atoms with van der Waals surface area (Å²) in [5, 5.41) is 22.8. The smallest absolute Gasteiger partial charge is 0.220 e. The molecule has 0 saturated carbocycles. The van der Waals surface area contributed by atoms with Gasteiger partial charge in [-0.15, -0.1) is 0 Å². The summed E-state index contributed by atoms with van der Waals surface area (Å²) in [6.45, 7) is 4.17. The molecule has 4 heteroatoms. The Labute approximate surface area is 261 Å². The molecule has 0 heterocycles. The van der Waals surface area contributed by atoms with Crippen LogP contribution in [0.15, 0.2) is 36.5 Å². The van der Waals surface area contributed by atoms with Crippen molar-refractivity contribution in [2.75, 3.05) is 6.61 Å². The first-order valence-electron chi connectivity index (χ1n) is 18.2. The van der Waals surface area contributed by atoms with E-state index in [9.17, 15) is 15.0 Å². The fraction of sp³-hybridized carbons (Fsp3) is 0.816. The van der Waals surface area contributed by atoms with E-state index in [4.69, 9.17) is 0 Å². The van der Waals surface area contributed by atoms with Gasteiger partial charge in [0.05, 0.1) is 18.8 Å². The lowest BCUT2D eigenvalue weighted by Gasteiger charge is -2.20. The van der Waals surface area contributed by atoms with Crippen molar-refractivity contribution in [3.63, 3.8) is 0 Å². The number of unbranched alkanes of at least 4 members (excludes halogenated alkanes) is 21. The van der Waals surface area contributed by atoms with Crippen LogP contribution >= 0.6 is 0 Å². The first-order valence-corrected chi connectivity index (χ1v) is 18.2. The molecule has 0 fully saturated rings. The predicted molar refractivity (Wildman–Crippen MR) is 184 cm³/mol. The fourth-order valence-electron chi connectivity index (χ4n) is 5.33. The van der Waals surface area contributed by atoms with Gasteiger partial charge in [-0.1, -0.05) is 166 Å². The standard InChI is InChI=1S/C38H71NO3/c1-3-5-7-9-11-13-14-15-16-17-18-19-20-21-22-23-24-26-28-30-32-34-38(42)39-36(35-40)37(41)33-31-29-27-25-12-10-8-6-4-2/h5,7,11,13,31,33,36-37,40-41H,3-4,6,8-10,12,14-30,32,34-35H2,1-2H3,(H,39,42)/b7-5-,13-11-,33-31+. The molecule has 0 aliphatic heterocycles. The van der Waals surface area contributed by atoms with E-state index in [0.717, 1.165) is 38.5 Å². The summed E-state index contributed by atoms with van der Waals surface area (Å²) in [7, 11) is 0. The van der Waals surface area contributed by atoms with Crippen LogP contribution in [-0.2, 0) is 4.79 Å². The van der Waals surface area contributed by atoms with Gasteiger partial charge in [0.2, 0.25) is 5.91 Å². The molecule has 2 unspecified atom stereocenters. The van der Waals surface area contributed by atoms with E-state index in [1.54, 1.807) is 6.08 Å². The van der Waals surface area contributed by atoms with Crippen LogP contribution in [0.4, 0.5) is 0 Å². The Morgan fingerprint density at radius 2 is 1.05 bits per heavy atom. The van der Waals surface area contributed by atoms with E-state index in [-0.39, 0.29) is 12.5 Å². The second-order valence-electron chi connectivity index (χ2n) is 12.3. The quantitative estimate of drug-likeness (QED) is 0.0540. The van der Waals surface area contributed by atoms with Crippen LogP contribution in [-0.4, -0.2) is 34.9 Å². The Hall–Kier alpha value is -1.39. The Morgan fingerprint density at radius 3 is 1.55 bits per heavy atom. The summed E-state index contributed by atoms with van der Waals surface area (Å²) in [5.74, 6) is -0.0686. The van der Waals surface area contributed by atoms with Crippen LogP contribution in [0.1, 0.15) is 181 Å². The number of allylic oxidation sites excluding steroid dienone is 5. The summed E-state index contributed by atoms with van der Waals surface area (Å²) in [6.07, 6.45) is 43.8. The molecule has 0 aromatic heterocycles. The van der Waals surface area contributed by atoms with Gasteiger partial charge in [-0.3, -0.25) is 4.79 Å². The molecule has 0 aromatic rings. The second kappa shape index (κ2) is 34.1. The maximum absolute atomic E-state index is 12.3. The normalized spacial score (nSPS) is 13.5. The zero-order chi connectivity index (χ0) is 30.8. The average molecular weight is 590 g/mol. The van der Waals surface area contributed by atoms with Crippen LogP contribution in [0.5, 0.6) is 0 Å². The van der Waals surface area contributed by atoms with Gasteiger partial charge in [0, 0.05) is 6.42 Å². The highest BCUT2D eigenvalue weighted by Gasteiger charge is 2.17. The highest BCUT2D eigenvalue weighted by Crippen LogP contribution is 2.14. The Bertz CT molecular complexity index is 642. The minimum absolute atomic E-state index is 0.0686. The van der Waals surface area contributed by atoms with Gasteiger partial charge in [0.15, 0.2) is 0 Å². The minimum Gasteiger partial charge on any atom is -0.394 e. The maximum Gasteiger partial charge on any atom is 0.220 e. The van der Waals surface area contributed by atoms with Crippen molar-refractivity contribution in [3.05, 3.63) is 36.5 Å². The molecule has 1 amide bonds. The molecule has 0 saturated heterocycles. The fourth-order valence-corrected chi connectivity index (χ4v) is 5.33. The molecule has 0 spiro atoms. The second-order valence-corrected chi connectivity index (χ2v) is 12.3. The monoisotopic (exact) mass is 590 g/mol. The molecule has 0 radical (unpaired) electrons. The van der Waals surface area contributed by atoms with Crippen molar-refractivity contribution in [2.24, 2.45) is 0 Å². The van der Waals surface area contributed by atoms with Gasteiger partial charge in [-0.05, 0) is 44.9 Å². The Kier molecular flexibility index (Phi) is 33.0. The number of carbonyl (C=O) groups excluding carboxylic acids is 1. The molecular formula is C38H71NO3. The van der Waals surface area contributed by atoms with Crippen molar-refractivity contribution in [1.82, 2.24) is 5.32 Å². The molecule has 0 bridgehead atoms. The summed E-state index contributed by atoms with van der Waals surface area (Å²) in [5.41, 5.74) is 0. The number of amides is 1. The number of hydrogen-bond acceptors (Lipinski definition) is 3. The van der Waals surface area contributed by atoms with E-state index in [1.807, 2.05) is 6.08 Å². The first kappa shape index (κ1) is 40.6. The van der Waals surface area contributed by atoms with Crippen molar-refractivity contribution in [1.29, 1.82) is 0 Å². The number of rotatable bonds is 32. The number of aliphatic hydroxyl groups excluding tert-OH is 2. The summed E-state index contributed by atoms with van der Waals surface area (Å²) in [6, 6.07) is -0.617. The van der Waals surface area contributed by atoms with Crippen molar-refractivity contribution in [3.8, 4) is 0 Å². The highest BCUT2D eigenvalue weighted by atomic mass is 16.3. The Balaban J connectivity index is 3.53. The van der Waals surface area contributed by atoms with Crippen molar-refractivity contribution >= 4 is 5.91 Å². The van der Waals surface area contributed by atoms with Gasteiger partial charge in [0.1, 0.15) is 0 Å². The summed E-state index contributed by atoms with van der Waals surface area (Å²) < 4.78 is 0. The molecule has 3 N–H and O–H groups in total. The number of carbonyl (C=O) groups is 1. The third kappa shape index (κ3) is 30.1. The molecular weight excluding hydrogens is 518 g/mol. The largest absolute Gasteiger partial charge is 0.394 e. The van der Waals surface area contributed by atoms with Gasteiger partial charge in [-0.2, -0.15) is 0 Å². The Morgan fingerprint density at radius 1 is 0.595 bits per heavy atom. The van der Waals surface area contributed by atoms with Crippen molar-refractivity contribution in [2.45, 2.75) is 193 Å². The van der Waals surface area contributed by atoms with Crippen LogP contribution in [0.25, 0.3) is 0 Å². The third-order valence-corrected chi connectivity index (χ3v) is 8.13. The summed E-state index contributed by atoms with van der Waals surface area (Å²) >= 11 is 0. The molecule has 4 nitrogen and oxygen atoms in total. The van der Waals surface area contributed by atoms with Gasteiger partial charge >= 0.3 is 0 Å². The van der Waals surface area contributed by atoms with Gasteiger partial charge in [0.25, 0.3) is 0 Å². The zero-order valence-electron chi connectivity index (χ0n) is 28.0. The molecule has 0 aromatic carbocycles. The van der Waals surface area contributed by atoms with Crippen LogP contribution in [0.3, 0.4) is 0 Å². The first-order chi connectivity index (χ1) is 20.7. The molecule has 0 rings (SSSR count). The van der Waals surface area contributed by atoms with E-state index in [0.29, 0.717) is 6.42 Å². The lowest BCUT2D eigenvalue weighted by Crippen LogP contribution is -2.45. The third-order valence-electron chi connectivity index (χ3n) is 8.13. The minimum atomic E-state index is -0.834. The maximum atomic E-state index is 12.3. The van der Waals surface area contributed by atoms with Crippen LogP contribution < -0.4 is 5.32 Å². The van der Waals surface area contributed by atoms with Gasteiger partial charge < -0.3 is 15.5 Å². The molecule has 42 heavy (non-hydrogen) atoms. The lowest BCUT2D eigenvalue weighted by atomic mass is 10.0. The number of hydrogen-bond donors (Lipinski definition) is 3. The highest BCUT2D eigenvalue weighted by molar-refractivity contribution is 5.76. The SMILES string of the molecule is CC/C=C\C/C=C\CCCCCCCCCCCCCCCCC(=O)NC(CO)C(O)/C=C/CCCCCCCCC. The average Bonchev–Trinajstić information content (AvgIpc) is 2.99. The van der Waals surface area contributed by atoms with Gasteiger partial charge in [-0.25, -0.2) is 0 Å². The van der Waals surface area contributed by atoms with E-state index in [2.05, 4.69) is 43.5 Å². The van der Waals surface area contributed by atoms with E-state index < -0.39 is 12.1 Å². The molecule has 246 valence electrons. The number of aliphatic hydroxyl groups is 2.